The second-order valence-corrected chi connectivity index (χ2v) is 7.29. The van der Waals surface area contributed by atoms with Gasteiger partial charge in [0.25, 0.3) is 5.91 Å². The van der Waals surface area contributed by atoms with Gasteiger partial charge in [0.1, 0.15) is 0 Å². The zero-order chi connectivity index (χ0) is 17.3. The molecule has 3 heteroatoms. The summed E-state index contributed by atoms with van der Waals surface area (Å²) in [4.78, 5) is 14.9. The van der Waals surface area contributed by atoms with E-state index in [-0.39, 0.29) is 12.0 Å². The van der Waals surface area contributed by atoms with Gasteiger partial charge in [-0.15, -0.1) is 0 Å². The minimum Gasteiger partial charge on any atom is -0.470 e. The standard InChI is InChI=1S/C21H39NO2/c1-2-3-4-5-6-7-8-9-10-11-12-13-14-15-16-17-18-20-21(23)22-19-24-20/h19-20H,2-18H2,1H3. The van der Waals surface area contributed by atoms with Gasteiger partial charge >= 0.3 is 0 Å². The molecule has 1 atom stereocenters. The van der Waals surface area contributed by atoms with Gasteiger partial charge in [-0.3, -0.25) is 4.79 Å². The molecule has 1 rings (SSSR count). The first-order valence-corrected chi connectivity index (χ1v) is 10.6. The summed E-state index contributed by atoms with van der Waals surface area (Å²) in [6, 6.07) is 0. The number of amides is 1. The second kappa shape index (κ2) is 15.7. The second-order valence-electron chi connectivity index (χ2n) is 7.29. The largest absolute Gasteiger partial charge is 0.470 e. The third-order valence-electron chi connectivity index (χ3n) is 5.00. The summed E-state index contributed by atoms with van der Waals surface area (Å²) in [6.07, 6.45) is 23.8. The van der Waals surface area contributed by atoms with Crippen molar-refractivity contribution < 1.29 is 9.53 Å². The molecule has 1 amide bonds. The highest BCUT2D eigenvalue weighted by molar-refractivity contribution is 5.91. The average molecular weight is 338 g/mol. The third kappa shape index (κ3) is 11.6. The van der Waals surface area contributed by atoms with E-state index in [1.54, 1.807) is 0 Å². The molecule has 0 saturated carbocycles. The van der Waals surface area contributed by atoms with Gasteiger partial charge in [-0.1, -0.05) is 103 Å². The summed E-state index contributed by atoms with van der Waals surface area (Å²) in [7, 11) is 0. The molecule has 140 valence electrons. The molecule has 0 aliphatic carbocycles. The van der Waals surface area contributed by atoms with Crippen molar-refractivity contribution >= 4 is 12.3 Å². The van der Waals surface area contributed by atoms with Crippen molar-refractivity contribution in [1.29, 1.82) is 0 Å². The molecule has 0 radical (unpaired) electrons. The van der Waals surface area contributed by atoms with E-state index in [9.17, 15) is 4.79 Å². The molecule has 0 bridgehead atoms. The summed E-state index contributed by atoms with van der Waals surface area (Å²) >= 11 is 0. The number of aliphatic imine (C=N–C) groups is 1. The highest BCUT2D eigenvalue weighted by Gasteiger charge is 2.21. The van der Waals surface area contributed by atoms with Crippen LogP contribution in [0.3, 0.4) is 0 Å². The van der Waals surface area contributed by atoms with Crippen LogP contribution in [0.25, 0.3) is 0 Å². The number of carbonyl (C=O) groups is 1. The van der Waals surface area contributed by atoms with Crippen LogP contribution in [0.15, 0.2) is 4.99 Å². The zero-order valence-electron chi connectivity index (χ0n) is 15.9. The maximum atomic E-state index is 11.2. The molecular weight excluding hydrogens is 298 g/mol. The van der Waals surface area contributed by atoms with Gasteiger partial charge in [-0.2, -0.15) is 4.99 Å². The Labute approximate surface area is 149 Å². The van der Waals surface area contributed by atoms with Gasteiger partial charge in [0.2, 0.25) is 0 Å². The number of nitrogens with zero attached hydrogens (tertiary/aromatic N) is 1. The van der Waals surface area contributed by atoms with Crippen LogP contribution in [0.2, 0.25) is 0 Å². The van der Waals surface area contributed by atoms with Crippen molar-refractivity contribution in [2.45, 2.75) is 122 Å². The van der Waals surface area contributed by atoms with Crippen molar-refractivity contribution in [2.75, 3.05) is 0 Å². The van der Waals surface area contributed by atoms with Gasteiger partial charge in [-0.05, 0) is 12.8 Å². The molecule has 0 saturated heterocycles. The molecule has 0 aromatic rings. The van der Waals surface area contributed by atoms with Crippen molar-refractivity contribution in [3.8, 4) is 0 Å². The van der Waals surface area contributed by atoms with E-state index in [1.807, 2.05) is 0 Å². The molecule has 0 aromatic carbocycles. The Hall–Kier alpha value is -0.860. The van der Waals surface area contributed by atoms with E-state index in [0.29, 0.717) is 0 Å². The normalized spacial score (nSPS) is 16.7. The van der Waals surface area contributed by atoms with E-state index in [0.717, 1.165) is 12.8 Å². The molecule has 1 aliphatic rings. The first-order chi connectivity index (χ1) is 11.8. The maximum absolute atomic E-state index is 11.2. The minimum atomic E-state index is -0.281. The summed E-state index contributed by atoms with van der Waals surface area (Å²) in [5.41, 5.74) is 0. The fraction of sp³-hybridized carbons (Fsp3) is 0.905. The lowest BCUT2D eigenvalue weighted by Gasteiger charge is -2.06. The van der Waals surface area contributed by atoms with Crippen LogP contribution < -0.4 is 0 Å². The van der Waals surface area contributed by atoms with Crippen molar-refractivity contribution in [3.63, 3.8) is 0 Å². The van der Waals surface area contributed by atoms with Crippen molar-refractivity contribution in [3.05, 3.63) is 0 Å². The van der Waals surface area contributed by atoms with E-state index >= 15 is 0 Å². The summed E-state index contributed by atoms with van der Waals surface area (Å²) in [6.45, 7) is 2.28. The van der Waals surface area contributed by atoms with E-state index in [2.05, 4.69) is 11.9 Å². The van der Waals surface area contributed by atoms with E-state index in [4.69, 9.17) is 4.74 Å². The van der Waals surface area contributed by atoms with Crippen LogP contribution in [0, 0.1) is 0 Å². The lowest BCUT2D eigenvalue weighted by atomic mass is 10.0. The van der Waals surface area contributed by atoms with Gasteiger partial charge in [0.05, 0.1) is 0 Å². The van der Waals surface area contributed by atoms with E-state index < -0.39 is 0 Å². The maximum Gasteiger partial charge on any atom is 0.289 e. The van der Waals surface area contributed by atoms with Crippen LogP contribution in [0.4, 0.5) is 0 Å². The minimum absolute atomic E-state index is 0.101. The number of hydrogen-bond acceptors (Lipinski definition) is 2. The Kier molecular flexibility index (Phi) is 13.8. The summed E-state index contributed by atoms with van der Waals surface area (Å²) < 4.78 is 5.15. The van der Waals surface area contributed by atoms with Gasteiger partial charge < -0.3 is 4.74 Å². The molecule has 0 N–H and O–H groups in total. The lowest BCUT2D eigenvalue weighted by molar-refractivity contribution is -0.122. The highest BCUT2D eigenvalue weighted by atomic mass is 16.5. The number of unbranched alkanes of at least 4 members (excludes halogenated alkanes) is 15. The molecule has 1 aliphatic heterocycles. The first-order valence-electron chi connectivity index (χ1n) is 10.6. The number of rotatable bonds is 17. The topological polar surface area (TPSA) is 38.7 Å². The monoisotopic (exact) mass is 337 g/mol. The quantitative estimate of drug-likeness (QED) is 0.281. The summed E-state index contributed by atoms with van der Waals surface area (Å²) in [5, 5.41) is 0. The number of ether oxygens (including phenoxy) is 1. The van der Waals surface area contributed by atoms with Crippen molar-refractivity contribution in [1.82, 2.24) is 0 Å². The molecule has 0 spiro atoms. The van der Waals surface area contributed by atoms with Gasteiger partial charge in [0, 0.05) is 0 Å². The fourth-order valence-corrected chi connectivity index (χ4v) is 3.37. The Balaban J connectivity index is 1.68. The first kappa shape index (κ1) is 21.2. The highest BCUT2D eigenvalue weighted by Crippen LogP contribution is 2.15. The average Bonchev–Trinajstić information content (AvgIpc) is 2.99. The van der Waals surface area contributed by atoms with Gasteiger partial charge in [0.15, 0.2) is 12.5 Å². The SMILES string of the molecule is CCCCCCCCCCCCCCCCCCC1OC=NC1=O. The predicted molar refractivity (Wildman–Crippen MR) is 103 cm³/mol. The molecule has 1 heterocycles. The molecule has 3 nitrogen and oxygen atoms in total. The molecule has 0 aromatic heterocycles. The Bertz CT molecular complexity index is 328. The number of carbonyl (C=O) groups excluding carboxylic acids is 1. The number of hydrogen-bond donors (Lipinski definition) is 0. The molecule has 1 unspecified atom stereocenters. The van der Waals surface area contributed by atoms with Crippen LogP contribution in [0.5, 0.6) is 0 Å². The van der Waals surface area contributed by atoms with Crippen molar-refractivity contribution in [2.24, 2.45) is 4.99 Å². The smallest absolute Gasteiger partial charge is 0.289 e. The Morgan fingerprint density at radius 3 is 1.54 bits per heavy atom. The van der Waals surface area contributed by atoms with E-state index in [1.165, 1.54) is 103 Å². The molecule has 0 fully saturated rings. The fourth-order valence-electron chi connectivity index (χ4n) is 3.37. The van der Waals surface area contributed by atoms with Crippen LogP contribution in [0.1, 0.15) is 116 Å². The summed E-state index contributed by atoms with van der Waals surface area (Å²) in [5.74, 6) is -0.101. The van der Waals surface area contributed by atoms with Crippen LogP contribution >= 0.6 is 0 Å². The Morgan fingerprint density at radius 2 is 1.17 bits per heavy atom. The van der Waals surface area contributed by atoms with Gasteiger partial charge in [-0.25, -0.2) is 0 Å². The molecule has 24 heavy (non-hydrogen) atoms. The third-order valence-corrected chi connectivity index (χ3v) is 5.00. The lowest BCUT2D eigenvalue weighted by Crippen LogP contribution is -2.15. The van der Waals surface area contributed by atoms with Crippen LogP contribution in [-0.4, -0.2) is 18.4 Å². The van der Waals surface area contributed by atoms with Crippen LogP contribution in [-0.2, 0) is 9.53 Å². The molecular formula is C21H39NO2. The zero-order valence-corrected chi connectivity index (χ0v) is 15.9. The Morgan fingerprint density at radius 1 is 0.750 bits per heavy atom. The predicted octanol–water partition coefficient (Wildman–Crippen LogP) is 6.59.